The van der Waals surface area contributed by atoms with Crippen molar-refractivity contribution in [3.05, 3.63) is 41.4 Å². The lowest BCUT2D eigenvalue weighted by Crippen LogP contribution is -2.53. The molecule has 0 spiro atoms. The Kier molecular flexibility index (Phi) is 6.33. The van der Waals surface area contributed by atoms with Gasteiger partial charge in [-0.1, -0.05) is 31.5 Å². The van der Waals surface area contributed by atoms with Crippen molar-refractivity contribution in [1.29, 1.82) is 0 Å². The van der Waals surface area contributed by atoms with Crippen molar-refractivity contribution >= 4 is 40.6 Å². The van der Waals surface area contributed by atoms with Crippen molar-refractivity contribution in [2.75, 3.05) is 17.3 Å². The number of carbonyl (C=O) groups is 2. The smallest absolute Gasteiger partial charge is 0.275 e. The molecule has 0 bridgehead atoms. The molecule has 0 fully saturated rings. The summed E-state index contributed by atoms with van der Waals surface area (Å²) in [6, 6.07) is 10.1. The Labute approximate surface area is 181 Å². The monoisotopic (exact) mass is 430 g/mol. The third-order valence-corrected chi connectivity index (χ3v) is 5.24. The number of halogens is 1. The summed E-state index contributed by atoms with van der Waals surface area (Å²) in [6.07, 6.45) is 0.511. The zero-order valence-electron chi connectivity index (χ0n) is 17.8. The normalized spacial score (nSPS) is 19.3. The van der Waals surface area contributed by atoms with Crippen LogP contribution in [0.1, 0.15) is 34.1 Å². The maximum Gasteiger partial charge on any atom is 0.275 e. The molecule has 0 aliphatic carbocycles. The molecule has 7 nitrogen and oxygen atoms in total. The second kappa shape index (κ2) is 8.62. The highest BCUT2D eigenvalue weighted by atomic mass is 35.5. The molecule has 1 aliphatic rings. The van der Waals surface area contributed by atoms with Crippen molar-refractivity contribution in [1.82, 2.24) is 10.3 Å². The standard InChI is InChI=1S/C22H27ClN4O3/c1-13(2)12-22(4)21(29)27(16-8-6-7-15(23)11-16)17-9-10-18(26-20(17)30-22)25-19(28)14(3)24-5/h6-11,13-14,24H,12H2,1-5H3,(H,25,26,28). The highest BCUT2D eigenvalue weighted by molar-refractivity contribution is 6.31. The molecule has 160 valence electrons. The minimum absolute atomic E-state index is 0.187. The maximum absolute atomic E-state index is 13.5. The summed E-state index contributed by atoms with van der Waals surface area (Å²) in [4.78, 5) is 31.8. The second-order valence-electron chi connectivity index (χ2n) is 8.07. The van der Waals surface area contributed by atoms with Gasteiger partial charge in [0.15, 0.2) is 5.60 Å². The molecule has 2 amide bonds. The van der Waals surface area contributed by atoms with Gasteiger partial charge in [0, 0.05) is 5.02 Å². The highest BCUT2D eigenvalue weighted by Gasteiger charge is 2.46. The number of hydrogen-bond acceptors (Lipinski definition) is 5. The van der Waals surface area contributed by atoms with Crippen LogP contribution in [0.3, 0.4) is 0 Å². The number of aromatic nitrogens is 1. The van der Waals surface area contributed by atoms with Crippen molar-refractivity contribution in [3.8, 4) is 5.88 Å². The van der Waals surface area contributed by atoms with Crippen molar-refractivity contribution < 1.29 is 14.3 Å². The van der Waals surface area contributed by atoms with Gasteiger partial charge in [0.2, 0.25) is 11.8 Å². The van der Waals surface area contributed by atoms with Crippen LogP contribution in [0.4, 0.5) is 17.2 Å². The number of hydrogen-bond donors (Lipinski definition) is 2. The van der Waals surface area contributed by atoms with Crippen LogP contribution >= 0.6 is 11.6 Å². The Morgan fingerprint density at radius 3 is 2.63 bits per heavy atom. The molecule has 1 aliphatic heterocycles. The summed E-state index contributed by atoms with van der Waals surface area (Å²) in [7, 11) is 1.71. The Morgan fingerprint density at radius 2 is 2.00 bits per heavy atom. The Morgan fingerprint density at radius 1 is 1.27 bits per heavy atom. The fourth-order valence-corrected chi connectivity index (χ4v) is 3.68. The topological polar surface area (TPSA) is 83.6 Å². The highest BCUT2D eigenvalue weighted by Crippen LogP contribution is 2.43. The Hall–Kier alpha value is -2.64. The van der Waals surface area contributed by atoms with Gasteiger partial charge >= 0.3 is 0 Å². The molecule has 1 aromatic heterocycles. The number of amides is 2. The van der Waals surface area contributed by atoms with Crippen LogP contribution in [-0.4, -0.2) is 35.5 Å². The fourth-order valence-electron chi connectivity index (χ4n) is 3.50. The third-order valence-electron chi connectivity index (χ3n) is 5.00. The molecule has 2 atom stereocenters. The van der Waals surface area contributed by atoms with Gasteiger partial charge in [-0.2, -0.15) is 4.98 Å². The predicted molar refractivity (Wildman–Crippen MR) is 118 cm³/mol. The van der Waals surface area contributed by atoms with Crippen LogP contribution in [0, 0.1) is 5.92 Å². The number of anilines is 3. The van der Waals surface area contributed by atoms with Crippen LogP contribution in [0.25, 0.3) is 0 Å². The molecule has 2 N–H and O–H groups in total. The van der Waals surface area contributed by atoms with Crippen LogP contribution < -0.4 is 20.3 Å². The summed E-state index contributed by atoms with van der Waals surface area (Å²) < 4.78 is 6.13. The number of likely N-dealkylation sites (N-methyl/N-ethyl adjacent to an activating group) is 1. The number of nitrogens with one attached hydrogen (secondary N) is 2. The van der Waals surface area contributed by atoms with E-state index < -0.39 is 5.60 Å². The molecule has 3 rings (SSSR count). The first-order valence-electron chi connectivity index (χ1n) is 9.93. The van der Waals surface area contributed by atoms with E-state index in [9.17, 15) is 9.59 Å². The second-order valence-corrected chi connectivity index (χ2v) is 8.51. The van der Waals surface area contributed by atoms with Crippen LogP contribution in [0.5, 0.6) is 5.88 Å². The average Bonchev–Trinajstić information content (AvgIpc) is 2.67. The van der Waals surface area contributed by atoms with E-state index in [4.69, 9.17) is 16.3 Å². The van der Waals surface area contributed by atoms with Gasteiger partial charge in [0.25, 0.3) is 5.91 Å². The number of benzene rings is 1. The summed E-state index contributed by atoms with van der Waals surface area (Å²) in [5.74, 6) is 0.462. The number of nitrogens with zero attached hydrogens (tertiary/aromatic N) is 2. The zero-order valence-corrected chi connectivity index (χ0v) is 18.6. The summed E-state index contributed by atoms with van der Waals surface area (Å²) >= 11 is 6.18. The van der Waals surface area contributed by atoms with E-state index in [2.05, 4.69) is 15.6 Å². The minimum Gasteiger partial charge on any atom is -0.460 e. The van der Waals surface area contributed by atoms with E-state index in [0.717, 1.165) is 0 Å². The van der Waals surface area contributed by atoms with Gasteiger partial charge in [-0.3, -0.25) is 14.5 Å². The van der Waals surface area contributed by atoms with Crippen LogP contribution in [-0.2, 0) is 9.59 Å². The van der Waals surface area contributed by atoms with E-state index in [1.165, 1.54) is 0 Å². The summed E-state index contributed by atoms with van der Waals surface area (Å²) in [5, 5.41) is 6.18. The third kappa shape index (κ3) is 4.42. The lowest BCUT2D eigenvalue weighted by molar-refractivity contribution is -0.134. The van der Waals surface area contributed by atoms with Crippen molar-refractivity contribution in [2.45, 2.75) is 45.8 Å². The Bertz CT molecular complexity index is 965. The van der Waals surface area contributed by atoms with Gasteiger partial charge in [0.05, 0.1) is 11.7 Å². The SMILES string of the molecule is CNC(C)C(=O)Nc1ccc2c(n1)OC(C)(CC(C)C)C(=O)N2c1cccc(Cl)c1. The van der Waals surface area contributed by atoms with Gasteiger partial charge < -0.3 is 15.4 Å². The van der Waals surface area contributed by atoms with E-state index in [1.54, 1.807) is 56.1 Å². The lowest BCUT2D eigenvalue weighted by Gasteiger charge is -2.40. The maximum atomic E-state index is 13.5. The first kappa shape index (κ1) is 22.1. The first-order chi connectivity index (χ1) is 14.1. The quantitative estimate of drug-likeness (QED) is 0.719. The van der Waals surface area contributed by atoms with Gasteiger partial charge in [-0.05, 0) is 63.6 Å². The number of fused-ring (bicyclic) bond motifs is 1. The molecule has 0 saturated carbocycles. The van der Waals surface area contributed by atoms with E-state index in [1.807, 2.05) is 19.9 Å². The minimum atomic E-state index is -1.10. The average molecular weight is 431 g/mol. The van der Waals surface area contributed by atoms with Gasteiger partial charge in [-0.15, -0.1) is 0 Å². The largest absolute Gasteiger partial charge is 0.460 e. The number of carbonyl (C=O) groups excluding carboxylic acids is 2. The first-order valence-corrected chi connectivity index (χ1v) is 10.3. The van der Waals surface area contributed by atoms with Crippen molar-refractivity contribution in [3.63, 3.8) is 0 Å². The molecule has 30 heavy (non-hydrogen) atoms. The molecule has 8 heteroatoms. The summed E-state index contributed by atoms with van der Waals surface area (Å²) in [6.45, 7) is 7.59. The van der Waals surface area contributed by atoms with Gasteiger partial charge in [0.1, 0.15) is 11.5 Å². The predicted octanol–water partition coefficient (Wildman–Crippen LogP) is 4.14. The Balaban J connectivity index is 2.06. The zero-order chi connectivity index (χ0) is 22.1. The molecule has 2 heterocycles. The molecule has 0 saturated heterocycles. The molecule has 2 unspecified atom stereocenters. The van der Waals surface area contributed by atoms with Crippen molar-refractivity contribution in [2.24, 2.45) is 5.92 Å². The number of rotatable bonds is 6. The lowest BCUT2D eigenvalue weighted by atomic mass is 9.91. The van der Waals surface area contributed by atoms with Crippen LogP contribution in [0.2, 0.25) is 5.02 Å². The van der Waals surface area contributed by atoms with E-state index in [0.29, 0.717) is 28.6 Å². The summed E-state index contributed by atoms with van der Waals surface area (Å²) in [5.41, 5.74) is 0.0368. The fraction of sp³-hybridized carbons (Fsp3) is 0.409. The van der Waals surface area contributed by atoms with E-state index >= 15 is 0 Å². The van der Waals surface area contributed by atoms with Gasteiger partial charge in [-0.25, -0.2) is 0 Å². The van der Waals surface area contributed by atoms with E-state index in [-0.39, 0.29) is 29.7 Å². The number of ether oxygens (including phenoxy) is 1. The molecule has 1 aromatic carbocycles. The van der Waals surface area contributed by atoms with Crippen LogP contribution in [0.15, 0.2) is 36.4 Å². The molecular formula is C22H27ClN4O3. The number of pyridine rings is 1. The molecule has 2 aromatic rings. The molecular weight excluding hydrogens is 404 g/mol. The molecule has 0 radical (unpaired) electrons.